The lowest BCUT2D eigenvalue weighted by atomic mass is 9.86. The van der Waals surface area contributed by atoms with Crippen LogP contribution in [0.5, 0.6) is 0 Å². The Hall–Kier alpha value is -6.73. The molecule has 2 nitrogen and oxygen atoms in total. The fourth-order valence-corrected chi connectivity index (χ4v) is 11.6. The maximum atomic E-state index is 15.7. The third-order valence-corrected chi connectivity index (χ3v) is 14.5. The lowest BCUT2D eigenvalue weighted by molar-refractivity contribution is 0.592. The van der Waals surface area contributed by atoms with Crippen LogP contribution in [0.15, 0.2) is 206 Å². The zero-order chi connectivity index (χ0) is 36.5. The Morgan fingerprint density at radius 1 is 0.345 bits per heavy atom. The molecular weight excluding hydrogens is 686 g/mol. The maximum Gasteiger partial charge on any atom is 0.171 e. The molecule has 1 aromatic heterocycles. The normalized spacial score (nSPS) is 12.1. The minimum absolute atomic E-state index is 0.822. The highest BCUT2D eigenvalue weighted by molar-refractivity contribution is 7.85. The van der Waals surface area contributed by atoms with Gasteiger partial charge in [0.25, 0.3) is 0 Å². The van der Waals surface area contributed by atoms with Gasteiger partial charge in [0, 0.05) is 32.4 Å². The van der Waals surface area contributed by atoms with Crippen molar-refractivity contribution in [1.82, 2.24) is 4.57 Å². The van der Waals surface area contributed by atoms with E-state index in [0.29, 0.717) is 0 Å². The fraction of sp³-hybridized carbons (Fsp3) is 0. The summed E-state index contributed by atoms with van der Waals surface area (Å²) in [6, 6.07) is 72.7. The van der Waals surface area contributed by atoms with Gasteiger partial charge in [-0.1, -0.05) is 158 Å². The van der Waals surface area contributed by atoms with E-state index in [4.69, 9.17) is 0 Å². The van der Waals surface area contributed by atoms with Gasteiger partial charge in [-0.25, -0.2) is 0 Å². The van der Waals surface area contributed by atoms with Crippen molar-refractivity contribution < 1.29 is 4.57 Å². The van der Waals surface area contributed by atoms with Crippen LogP contribution in [0.2, 0.25) is 0 Å². The largest absolute Gasteiger partial charge is 0.309 e. The summed E-state index contributed by atoms with van der Waals surface area (Å²) in [6.07, 6.45) is 0. The van der Waals surface area contributed by atoms with Crippen LogP contribution in [0.3, 0.4) is 0 Å². The van der Waals surface area contributed by atoms with E-state index in [1.807, 2.05) is 60.7 Å². The van der Waals surface area contributed by atoms with Crippen molar-refractivity contribution in [2.75, 3.05) is 0 Å². The molecule has 3 heteroatoms. The molecular formula is C52H34NOP. The third kappa shape index (κ3) is 4.79. The van der Waals surface area contributed by atoms with Crippen LogP contribution in [0.25, 0.3) is 81.7 Å². The Labute approximate surface area is 318 Å². The Bertz CT molecular complexity index is 3290. The first-order chi connectivity index (χ1) is 27.2. The highest BCUT2D eigenvalue weighted by atomic mass is 31.2. The maximum absolute atomic E-state index is 15.7. The average Bonchev–Trinajstić information content (AvgIpc) is 3.59. The predicted octanol–water partition coefficient (Wildman–Crippen LogP) is 12.7. The Morgan fingerprint density at radius 2 is 0.836 bits per heavy atom. The van der Waals surface area contributed by atoms with Gasteiger partial charge in [0.1, 0.15) is 0 Å². The van der Waals surface area contributed by atoms with Crippen molar-refractivity contribution >= 4 is 88.0 Å². The topological polar surface area (TPSA) is 22.0 Å². The predicted molar refractivity (Wildman–Crippen MR) is 236 cm³/mol. The molecule has 258 valence electrons. The molecule has 0 aliphatic heterocycles. The van der Waals surface area contributed by atoms with Crippen LogP contribution < -0.4 is 15.9 Å². The van der Waals surface area contributed by atoms with Gasteiger partial charge >= 0.3 is 0 Å². The molecule has 11 rings (SSSR count). The average molecular weight is 720 g/mol. The van der Waals surface area contributed by atoms with Crippen LogP contribution in [0, 0.1) is 0 Å². The van der Waals surface area contributed by atoms with Crippen molar-refractivity contribution in [2.24, 2.45) is 0 Å². The van der Waals surface area contributed by atoms with Crippen LogP contribution in [-0.2, 0) is 4.57 Å². The summed E-state index contributed by atoms with van der Waals surface area (Å²) in [5.41, 5.74) is 5.66. The SMILES string of the molecule is O=P(c1ccccc1)(c1ccccc1)c1ccc2c(c1)c1cc(-c3c4ccccc4cc4c5ccccc5c5ccccc5c34)ccc1n2-c1ccccc1. The zero-order valence-electron chi connectivity index (χ0n) is 29.9. The van der Waals surface area contributed by atoms with E-state index < -0.39 is 7.14 Å². The third-order valence-electron chi connectivity index (χ3n) is 11.4. The van der Waals surface area contributed by atoms with Gasteiger partial charge in [-0.3, -0.25) is 0 Å². The number of aromatic nitrogens is 1. The van der Waals surface area contributed by atoms with E-state index in [0.717, 1.165) is 49.0 Å². The van der Waals surface area contributed by atoms with Crippen molar-refractivity contribution in [3.63, 3.8) is 0 Å². The number of benzene rings is 10. The number of fused-ring (bicyclic) bond motifs is 10. The van der Waals surface area contributed by atoms with Gasteiger partial charge in [0.05, 0.1) is 11.0 Å². The monoisotopic (exact) mass is 719 g/mol. The first kappa shape index (κ1) is 31.8. The molecule has 0 saturated heterocycles. The first-order valence-electron chi connectivity index (χ1n) is 18.8. The summed E-state index contributed by atoms with van der Waals surface area (Å²) in [5.74, 6) is 0. The van der Waals surface area contributed by atoms with E-state index in [1.165, 1.54) is 48.7 Å². The molecule has 0 radical (unpaired) electrons. The molecule has 0 aliphatic carbocycles. The summed E-state index contributed by atoms with van der Waals surface area (Å²) in [7, 11) is -3.22. The quantitative estimate of drug-likeness (QED) is 0.0986. The second kappa shape index (κ2) is 12.4. The van der Waals surface area contributed by atoms with Gasteiger partial charge in [0.2, 0.25) is 0 Å². The highest BCUT2D eigenvalue weighted by Crippen LogP contribution is 2.47. The van der Waals surface area contributed by atoms with Crippen LogP contribution in [-0.4, -0.2) is 4.57 Å². The molecule has 0 atom stereocenters. The van der Waals surface area contributed by atoms with E-state index in [-0.39, 0.29) is 0 Å². The Kier molecular flexibility index (Phi) is 7.17. The smallest absolute Gasteiger partial charge is 0.171 e. The van der Waals surface area contributed by atoms with E-state index >= 15 is 4.57 Å². The minimum atomic E-state index is -3.22. The molecule has 1 heterocycles. The molecule has 10 aromatic carbocycles. The summed E-state index contributed by atoms with van der Waals surface area (Å²) >= 11 is 0. The van der Waals surface area contributed by atoms with Crippen molar-refractivity contribution in [3.8, 4) is 16.8 Å². The lowest BCUT2D eigenvalue weighted by Crippen LogP contribution is -2.24. The number of hydrogen-bond acceptors (Lipinski definition) is 1. The molecule has 0 aliphatic rings. The summed E-state index contributed by atoms with van der Waals surface area (Å²) in [4.78, 5) is 0. The van der Waals surface area contributed by atoms with Crippen molar-refractivity contribution in [3.05, 3.63) is 206 Å². The first-order valence-corrected chi connectivity index (χ1v) is 20.5. The number of nitrogens with zero attached hydrogens (tertiary/aromatic N) is 1. The molecule has 0 unspecified atom stereocenters. The van der Waals surface area contributed by atoms with Crippen LogP contribution in [0.1, 0.15) is 0 Å². The second-order valence-corrected chi connectivity index (χ2v) is 17.1. The van der Waals surface area contributed by atoms with Crippen LogP contribution >= 0.6 is 7.14 Å². The molecule has 11 aromatic rings. The molecule has 0 bridgehead atoms. The highest BCUT2D eigenvalue weighted by Gasteiger charge is 2.30. The molecule has 0 fully saturated rings. The Balaban J connectivity index is 1.27. The fourth-order valence-electron chi connectivity index (χ4n) is 8.97. The van der Waals surface area contributed by atoms with Crippen LogP contribution in [0.4, 0.5) is 0 Å². The molecule has 55 heavy (non-hydrogen) atoms. The lowest BCUT2D eigenvalue weighted by Gasteiger charge is -2.20. The van der Waals surface area contributed by atoms with Gasteiger partial charge in [0.15, 0.2) is 7.14 Å². The molecule has 0 spiro atoms. The van der Waals surface area contributed by atoms with Gasteiger partial charge in [-0.15, -0.1) is 0 Å². The number of rotatable bonds is 5. The van der Waals surface area contributed by atoms with E-state index in [1.54, 1.807) is 0 Å². The van der Waals surface area contributed by atoms with E-state index in [2.05, 4.69) is 150 Å². The molecule has 0 saturated carbocycles. The van der Waals surface area contributed by atoms with Gasteiger partial charge in [-0.05, 0) is 103 Å². The molecule has 0 amide bonds. The van der Waals surface area contributed by atoms with Crippen molar-refractivity contribution in [1.29, 1.82) is 0 Å². The molecule has 0 N–H and O–H groups in total. The van der Waals surface area contributed by atoms with E-state index in [9.17, 15) is 0 Å². The summed E-state index contributed by atoms with van der Waals surface area (Å²) in [6.45, 7) is 0. The summed E-state index contributed by atoms with van der Waals surface area (Å²) in [5, 5.41) is 14.7. The van der Waals surface area contributed by atoms with Gasteiger partial charge in [-0.2, -0.15) is 0 Å². The zero-order valence-corrected chi connectivity index (χ0v) is 30.8. The van der Waals surface area contributed by atoms with Gasteiger partial charge < -0.3 is 9.13 Å². The summed E-state index contributed by atoms with van der Waals surface area (Å²) < 4.78 is 18.0. The number of para-hydroxylation sites is 1. The standard InChI is InChI=1S/C52H34NOP/c54-55(38-19-6-2-7-20-38,39-21-8-3-9-22-39)40-29-31-50-47(34-40)46-33-36(28-30-49(46)53(50)37-17-4-1-5-18-37)51-41-23-11-10-16-35(41)32-48-44-26-13-12-24-42(44)43-25-14-15-27-45(43)52(48)51/h1-34H. The minimum Gasteiger partial charge on any atom is -0.309 e. The second-order valence-electron chi connectivity index (χ2n) is 14.4. The van der Waals surface area contributed by atoms with Crippen molar-refractivity contribution in [2.45, 2.75) is 0 Å². The number of hydrogen-bond donors (Lipinski definition) is 0. The Morgan fingerprint density at radius 3 is 1.49 bits per heavy atom.